The molecule has 1 aromatic rings. The molecule has 1 aliphatic rings. The van der Waals surface area contributed by atoms with Crippen molar-refractivity contribution in [2.75, 3.05) is 13.7 Å². The van der Waals surface area contributed by atoms with Gasteiger partial charge in [-0.15, -0.1) is 0 Å². The summed E-state index contributed by atoms with van der Waals surface area (Å²) in [7, 11) is 1.71. The fraction of sp³-hybridized carbons (Fsp3) is 0.400. The van der Waals surface area contributed by atoms with Gasteiger partial charge < -0.3 is 4.74 Å². The standard InChI is InChI=1S/C10H12NO/c1-12-10-4-2-3-8-5-6-11-7-9(8)10/h2-4H,5-7H2,1H3. The van der Waals surface area contributed by atoms with Crippen molar-refractivity contribution in [3.8, 4) is 5.75 Å². The summed E-state index contributed by atoms with van der Waals surface area (Å²) in [5.74, 6) is 0.982. The molecule has 0 aromatic heterocycles. The molecule has 0 fully saturated rings. The van der Waals surface area contributed by atoms with Crippen LogP contribution in [0.1, 0.15) is 11.1 Å². The molecule has 0 aliphatic carbocycles. The number of fused-ring (bicyclic) bond motifs is 1. The highest BCUT2D eigenvalue weighted by Gasteiger charge is 2.12. The van der Waals surface area contributed by atoms with Gasteiger partial charge in [0.2, 0.25) is 0 Å². The maximum absolute atomic E-state index is 5.25. The van der Waals surface area contributed by atoms with Crippen LogP contribution in [0.15, 0.2) is 18.2 Å². The van der Waals surface area contributed by atoms with Crippen LogP contribution < -0.4 is 10.1 Å². The molecule has 0 atom stereocenters. The number of methoxy groups -OCH3 is 1. The molecule has 2 nitrogen and oxygen atoms in total. The summed E-state index contributed by atoms with van der Waals surface area (Å²) in [4.78, 5) is 0. The van der Waals surface area contributed by atoms with Crippen LogP contribution in [0.2, 0.25) is 0 Å². The monoisotopic (exact) mass is 162 g/mol. The lowest BCUT2D eigenvalue weighted by Gasteiger charge is -2.17. The van der Waals surface area contributed by atoms with Crippen LogP contribution in [-0.2, 0) is 13.0 Å². The molecule has 0 amide bonds. The number of hydrogen-bond donors (Lipinski definition) is 0. The molecule has 12 heavy (non-hydrogen) atoms. The predicted octanol–water partition coefficient (Wildman–Crippen LogP) is 1.36. The van der Waals surface area contributed by atoms with Gasteiger partial charge >= 0.3 is 0 Å². The van der Waals surface area contributed by atoms with Crippen LogP contribution in [0.3, 0.4) is 0 Å². The highest BCUT2D eigenvalue weighted by atomic mass is 16.5. The van der Waals surface area contributed by atoms with E-state index in [0.29, 0.717) is 0 Å². The average molecular weight is 162 g/mol. The van der Waals surface area contributed by atoms with E-state index in [2.05, 4.69) is 11.4 Å². The molecule has 0 bridgehead atoms. The topological polar surface area (TPSA) is 23.3 Å². The van der Waals surface area contributed by atoms with E-state index in [1.807, 2.05) is 12.1 Å². The SMILES string of the molecule is COc1cccc2c1C[N]CC2. The van der Waals surface area contributed by atoms with Crippen molar-refractivity contribution >= 4 is 0 Å². The minimum atomic E-state index is 0.819. The van der Waals surface area contributed by atoms with Gasteiger partial charge in [-0.3, -0.25) is 0 Å². The highest BCUT2D eigenvalue weighted by Crippen LogP contribution is 2.24. The first kappa shape index (κ1) is 7.62. The molecule has 2 rings (SSSR count). The largest absolute Gasteiger partial charge is 0.496 e. The summed E-state index contributed by atoms with van der Waals surface area (Å²) < 4.78 is 5.25. The van der Waals surface area contributed by atoms with Crippen LogP contribution in [0, 0.1) is 0 Å². The Kier molecular flexibility index (Phi) is 2.00. The Morgan fingerprint density at radius 2 is 2.33 bits per heavy atom. The molecule has 0 N–H and O–H groups in total. The summed E-state index contributed by atoms with van der Waals surface area (Å²) in [5, 5.41) is 4.35. The van der Waals surface area contributed by atoms with E-state index in [9.17, 15) is 0 Å². The van der Waals surface area contributed by atoms with Crippen molar-refractivity contribution in [1.29, 1.82) is 0 Å². The van der Waals surface area contributed by atoms with Crippen LogP contribution >= 0.6 is 0 Å². The van der Waals surface area contributed by atoms with Gasteiger partial charge in [-0.25, -0.2) is 5.32 Å². The first-order valence-electron chi connectivity index (χ1n) is 4.20. The van der Waals surface area contributed by atoms with Gasteiger partial charge in [0.15, 0.2) is 0 Å². The maximum atomic E-state index is 5.25. The second kappa shape index (κ2) is 3.15. The molecule has 63 valence electrons. The van der Waals surface area contributed by atoms with Gasteiger partial charge in [0.25, 0.3) is 0 Å². The normalized spacial score (nSPS) is 15.4. The van der Waals surface area contributed by atoms with E-state index >= 15 is 0 Å². The molecular formula is C10H12NO. The third-order valence-electron chi connectivity index (χ3n) is 2.26. The highest BCUT2D eigenvalue weighted by molar-refractivity contribution is 5.41. The Labute approximate surface area is 72.5 Å². The molecular weight excluding hydrogens is 150 g/mol. The molecule has 1 aromatic carbocycles. The minimum Gasteiger partial charge on any atom is -0.496 e. The van der Waals surface area contributed by atoms with Gasteiger partial charge in [0.1, 0.15) is 5.75 Å². The molecule has 0 spiro atoms. The minimum absolute atomic E-state index is 0.819. The predicted molar refractivity (Wildman–Crippen MR) is 47.4 cm³/mol. The maximum Gasteiger partial charge on any atom is 0.123 e. The summed E-state index contributed by atoms with van der Waals surface area (Å²) in [6, 6.07) is 6.20. The summed E-state index contributed by atoms with van der Waals surface area (Å²) in [6.45, 7) is 1.78. The van der Waals surface area contributed by atoms with Crippen LogP contribution in [0.5, 0.6) is 5.75 Å². The fourth-order valence-electron chi connectivity index (χ4n) is 1.61. The van der Waals surface area contributed by atoms with Crippen molar-refractivity contribution in [1.82, 2.24) is 5.32 Å². The van der Waals surface area contributed by atoms with Gasteiger partial charge in [-0.2, -0.15) is 0 Å². The van der Waals surface area contributed by atoms with Crippen molar-refractivity contribution in [2.24, 2.45) is 0 Å². The average Bonchev–Trinajstić information content (AvgIpc) is 2.17. The van der Waals surface area contributed by atoms with Crippen LogP contribution in [-0.4, -0.2) is 13.7 Å². The lowest BCUT2D eigenvalue weighted by atomic mass is 10.0. The first-order chi connectivity index (χ1) is 5.92. The van der Waals surface area contributed by atoms with Crippen molar-refractivity contribution in [3.63, 3.8) is 0 Å². The summed E-state index contributed by atoms with van der Waals surface area (Å²) in [6.07, 6.45) is 1.06. The number of nitrogens with zero attached hydrogens (tertiary/aromatic N) is 1. The van der Waals surface area contributed by atoms with E-state index in [4.69, 9.17) is 4.74 Å². The second-order valence-electron chi connectivity index (χ2n) is 2.95. The van der Waals surface area contributed by atoms with Crippen molar-refractivity contribution < 1.29 is 4.74 Å². The Bertz CT molecular complexity index is 269. The number of benzene rings is 1. The van der Waals surface area contributed by atoms with Gasteiger partial charge in [0, 0.05) is 18.7 Å². The van der Waals surface area contributed by atoms with Gasteiger partial charge in [-0.1, -0.05) is 12.1 Å². The Balaban J connectivity index is 2.44. The van der Waals surface area contributed by atoms with E-state index in [1.54, 1.807) is 7.11 Å². The third-order valence-corrected chi connectivity index (χ3v) is 2.26. The van der Waals surface area contributed by atoms with E-state index in [-0.39, 0.29) is 0 Å². The quantitative estimate of drug-likeness (QED) is 0.611. The lowest BCUT2D eigenvalue weighted by Crippen LogP contribution is -2.18. The second-order valence-corrected chi connectivity index (χ2v) is 2.95. The van der Waals surface area contributed by atoms with Crippen molar-refractivity contribution in [3.05, 3.63) is 29.3 Å². The molecule has 0 saturated heterocycles. The summed E-state index contributed by atoms with van der Waals surface area (Å²) >= 11 is 0. The first-order valence-corrected chi connectivity index (χ1v) is 4.20. The van der Waals surface area contributed by atoms with Crippen molar-refractivity contribution in [2.45, 2.75) is 13.0 Å². The number of rotatable bonds is 1. The Morgan fingerprint density at radius 3 is 3.17 bits per heavy atom. The zero-order chi connectivity index (χ0) is 8.39. The molecule has 1 heterocycles. The van der Waals surface area contributed by atoms with Gasteiger partial charge in [-0.05, 0) is 18.1 Å². The number of ether oxygens (including phenoxy) is 1. The van der Waals surface area contributed by atoms with Crippen LogP contribution in [0.25, 0.3) is 0 Å². The fourth-order valence-corrected chi connectivity index (χ4v) is 1.61. The van der Waals surface area contributed by atoms with Crippen LogP contribution in [0.4, 0.5) is 0 Å². The smallest absolute Gasteiger partial charge is 0.123 e. The number of hydrogen-bond acceptors (Lipinski definition) is 1. The third kappa shape index (κ3) is 1.18. The molecule has 0 unspecified atom stereocenters. The lowest BCUT2D eigenvalue weighted by molar-refractivity contribution is 0.404. The van der Waals surface area contributed by atoms with E-state index in [1.165, 1.54) is 11.1 Å². The summed E-state index contributed by atoms with van der Waals surface area (Å²) in [5.41, 5.74) is 2.66. The van der Waals surface area contributed by atoms with Gasteiger partial charge in [0.05, 0.1) is 7.11 Å². The molecule has 1 radical (unpaired) electrons. The van der Waals surface area contributed by atoms with E-state index < -0.39 is 0 Å². The molecule has 0 saturated carbocycles. The molecule has 2 heteroatoms. The molecule has 1 aliphatic heterocycles. The zero-order valence-corrected chi connectivity index (χ0v) is 7.21. The van der Waals surface area contributed by atoms with E-state index in [0.717, 1.165) is 25.3 Å². The Morgan fingerprint density at radius 1 is 1.42 bits per heavy atom. The zero-order valence-electron chi connectivity index (χ0n) is 7.21. The Hall–Kier alpha value is -1.02.